The first-order chi connectivity index (χ1) is 13.0. The molecule has 0 aliphatic carbocycles. The molecule has 27 heavy (non-hydrogen) atoms. The maximum atomic E-state index is 12.0. The number of thiophene rings is 1. The van der Waals surface area contributed by atoms with Crippen LogP contribution in [0.3, 0.4) is 0 Å². The smallest absolute Gasteiger partial charge is 0.338 e. The molecule has 8 heteroatoms. The zero-order valence-corrected chi connectivity index (χ0v) is 16.0. The Morgan fingerprint density at radius 1 is 1.00 bits per heavy atom. The van der Waals surface area contributed by atoms with Gasteiger partial charge < -0.3 is 19.5 Å². The number of benzene rings is 1. The highest BCUT2D eigenvalue weighted by Gasteiger charge is 2.16. The maximum absolute atomic E-state index is 12.0. The van der Waals surface area contributed by atoms with Crippen LogP contribution in [0.1, 0.15) is 39.4 Å². The molecule has 0 aliphatic rings. The van der Waals surface area contributed by atoms with Crippen molar-refractivity contribution in [2.45, 2.75) is 20.4 Å². The number of hydrogen-bond donors (Lipinski definition) is 1. The Kier molecular flexibility index (Phi) is 7.81. The highest BCUT2D eigenvalue weighted by molar-refractivity contribution is 7.09. The van der Waals surface area contributed by atoms with Crippen molar-refractivity contribution >= 4 is 29.2 Å². The van der Waals surface area contributed by atoms with Gasteiger partial charge >= 0.3 is 11.9 Å². The molecule has 1 aromatic heterocycles. The number of amides is 1. The zero-order chi connectivity index (χ0) is 19.6. The first-order valence-corrected chi connectivity index (χ1v) is 9.32. The summed E-state index contributed by atoms with van der Waals surface area (Å²) in [7, 11) is 0. The van der Waals surface area contributed by atoms with E-state index in [0.717, 1.165) is 4.88 Å². The van der Waals surface area contributed by atoms with Gasteiger partial charge in [-0.2, -0.15) is 0 Å². The first-order valence-electron chi connectivity index (χ1n) is 8.44. The molecule has 0 atom stereocenters. The average molecular weight is 391 g/mol. The third-order valence-corrected chi connectivity index (χ3v) is 4.22. The molecule has 0 aliphatic heterocycles. The van der Waals surface area contributed by atoms with E-state index in [1.807, 2.05) is 17.5 Å². The van der Waals surface area contributed by atoms with Crippen LogP contribution in [0.15, 0.2) is 35.7 Å². The van der Waals surface area contributed by atoms with Crippen LogP contribution < -0.4 is 10.1 Å². The molecule has 0 bridgehead atoms. The molecule has 1 N–H and O–H groups in total. The Balaban J connectivity index is 2.05. The molecule has 2 rings (SSSR count). The van der Waals surface area contributed by atoms with Crippen LogP contribution in [0.2, 0.25) is 0 Å². The first kappa shape index (κ1) is 20.4. The van der Waals surface area contributed by atoms with Crippen LogP contribution >= 0.6 is 11.3 Å². The van der Waals surface area contributed by atoms with Crippen LogP contribution in [-0.2, 0) is 20.8 Å². The number of esters is 2. The Bertz CT molecular complexity index is 751. The van der Waals surface area contributed by atoms with Gasteiger partial charge in [-0.3, -0.25) is 4.79 Å². The average Bonchev–Trinajstić information content (AvgIpc) is 3.18. The van der Waals surface area contributed by atoms with E-state index in [4.69, 9.17) is 14.2 Å². The molecule has 1 amide bonds. The van der Waals surface area contributed by atoms with E-state index in [9.17, 15) is 14.4 Å². The molecule has 2 aromatic rings. The van der Waals surface area contributed by atoms with Gasteiger partial charge in [0.15, 0.2) is 6.61 Å². The summed E-state index contributed by atoms with van der Waals surface area (Å²) in [5.74, 6) is -1.29. The molecule has 144 valence electrons. The Morgan fingerprint density at radius 2 is 1.63 bits per heavy atom. The van der Waals surface area contributed by atoms with Crippen molar-refractivity contribution in [3.63, 3.8) is 0 Å². The van der Waals surface area contributed by atoms with Crippen molar-refractivity contribution in [2.75, 3.05) is 19.8 Å². The van der Waals surface area contributed by atoms with E-state index < -0.39 is 11.9 Å². The Morgan fingerprint density at radius 3 is 2.15 bits per heavy atom. The summed E-state index contributed by atoms with van der Waals surface area (Å²) >= 11 is 1.54. The van der Waals surface area contributed by atoms with Crippen LogP contribution in [0.25, 0.3) is 0 Å². The summed E-state index contributed by atoms with van der Waals surface area (Å²) in [5, 5.41) is 4.66. The molecule has 0 saturated heterocycles. The van der Waals surface area contributed by atoms with E-state index in [1.165, 1.54) is 18.2 Å². The van der Waals surface area contributed by atoms with Crippen molar-refractivity contribution in [2.24, 2.45) is 0 Å². The lowest BCUT2D eigenvalue weighted by Gasteiger charge is -2.11. The number of rotatable bonds is 9. The van der Waals surface area contributed by atoms with Gasteiger partial charge in [0.25, 0.3) is 5.91 Å². The molecule has 0 fully saturated rings. The van der Waals surface area contributed by atoms with Gasteiger partial charge in [-0.1, -0.05) is 6.07 Å². The van der Waals surface area contributed by atoms with Crippen molar-refractivity contribution in [3.8, 4) is 5.75 Å². The van der Waals surface area contributed by atoms with E-state index in [0.29, 0.717) is 6.54 Å². The third kappa shape index (κ3) is 6.41. The minimum Gasteiger partial charge on any atom is -0.484 e. The minimum atomic E-state index is -0.587. The molecule has 0 unspecified atom stereocenters. The predicted molar refractivity (Wildman–Crippen MR) is 100 cm³/mol. The van der Waals surface area contributed by atoms with E-state index in [1.54, 1.807) is 25.2 Å². The molecular weight excluding hydrogens is 370 g/mol. The fourth-order valence-corrected chi connectivity index (χ4v) is 2.79. The number of carbonyl (C=O) groups excluding carboxylic acids is 3. The predicted octanol–water partition coefficient (Wildman–Crippen LogP) is 2.80. The van der Waals surface area contributed by atoms with Crippen LogP contribution in [0.4, 0.5) is 0 Å². The molecule has 1 aromatic carbocycles. The lowest BCUT2D eigenvalue weighted by molar-refractivity contribution is -0.123. The van der Waals surface area contributed by atoms with Gasteiger partial charge in [-0.15, -0.1) is 11.3 Å². The van der Waals surface area contributed by atoms with Gasteiger partial charge in [0, 0.05) is 4.88 Å². The van der Waals surface area contributed by atoms with Crippen LogP contribution in [0, 0.1) is 0 Å². The SMILES string of the molecule is CCOC(=O)c1cc(OCC(=O)NCc2cccs2)cc(C(=O)OCC)c1. The van der Waals surface area contributed by atoms with Crippen molar-refractivity contribution in [3.05, 3.63) is 51.7 Å². The molecule has 0 saturated carbocycles. The van der Waals surface area contributed by atoms with Gasteiger partial charge in [-0.25, -0.2) is 9.59 Å². The second kappa shape index (κ2) is 10.3. The van der Waals surface area contributed by atoms with Crippen LogP contribution in [0.5, 0.6) is 5.75 Å². The van der Waals surface area contributed by atoms with Gasteiger partial charge in [0.2, 0.25) is 0 Å². The van der Waals surface area contributed by atoms with E-state index in [-0.39, 0.29) is 42.6 Å². The fourth-order valence-electron chi connectivity index (χ4n) is 2.15. The standard InChI is InChI=1S/C19H21NO6S/c1-3-24-18(22)13-8-14(19(23)25-4-2)10-15(9-13)26-12-17(21)20-11-16-6-5-7-27-16/h5-10H,3-4,11-12H2,1-2H3,(H,20,21). The lowest BCUT2D eigenvalue weighted by Crippen LogP contribution is -2.28. The summed E-state index contributed by atoms with van der Waals surface area (Å²) in [6, 6.07) is 8.04. The highest BCUT2D eigenvalue weighted by Crippen LogP contribution is 2.19. The summed E-state index contributed by atoms with van der Waals surface area (Å²) in [6.07, 6.45) is 0. The van der Waals surface area contributed by atoms with Crippen LogP contribution in [-0.4, -0.2) is 37.7 Å². The molecule has 1 heterocycles. The summed E-state index contributed by atoms with van der Waals surface area (Å²) in [5.41, 5.74) is 0.299. The second-order valence-electron chi connectivity index (χ2n) is 5.33. The Hall–Kier alpha value is -2.87. The quantitative estimate of drug-likeness (QED) is 0.661. The van der Waals surface area contributed by atoms with E-state index >= 15 is 0 Å². The highest BCUT2D eigenvalue weighted by atomic mass is 32.1. The summed E-state index contributed by atoms with van der Waals surface area (Å²) < 4.78 is 15.4. The van der Waals surface area contributed by atoms with Crippen molar-refractivity contribution in [1.29, 1.82) is 0 Å². The molecular formula is C19H21NO6S. The number of nitrogens with one attached hydrogen (secondary N) is 1. The topological polar surface area (TPSA) is 90.9 Å². The zero-order valence-electron chi connectivity index (χ0n) is 15.2. The van der Waals surface area contributed by atoms with Crippen molar-refractivity contribution < 1.29 is 28.6 Å². The monoisotopic (exact) mass is 391 g/mol. The number of hydrogen-bond acceptors (Lipinski definition) is 7. The van der Waals surface area contributed by atoms with Gasteiger partial charge in [0.1, 0.15) is 5.75 Å². The maximum Gasteiger partial charge on any atom is 0.338 e. The summed E-state index contributed by atoms with van der Waals surface area (Å²) in [4.78, 5) is 37.0. The van der Waals surface area contributed by atoms with Gasteiger partial charge in [-0.05, 0) is 43.5 Å². The van der Waals surface area contributed by atoms with E-state index in [2.05, 4.69) is 5.32 Å². The number of ether oxygens (including phenoxy) is 3. The Labute approximate surface area is 161 Å². The van der Waals surface area contributed by atoms with Gasteiger partial charge in [0.05, 0.1) is 30.9 Å². The number of carbonyl (C=O) groups is 3. The second-order valence-corrected chi connectivity index (χ2v) is 6.36. The molecule has 7 nitrogen and oxygen atoms in total. The fraction of sp³-hybridized carbons (Fsp3) is 0.316. The largest absolute Gasteiger partial charge is 0.484 e. The molecule has 0 spiro atoms. The van der Waals surface area contributed by atoms with Crippen molar-refractivity contribution in [1.82, 2.24) is 5.32 Å². The lowest BCUT2D eigenvalue weighted by atomic mass is 10.1. The minimum absolute atomic E-state index is 0.149. The normalized spacial score (nSPS) is 10.1. The molecule has 0 radical (unpaired) electrons. The third-order valence-electron chi connectivity index (χ3n) is 3.34. The summed E-state index contributed by atoms with van der Waals surface area (Å²) in [6.45, 7) is 3.93.